The van der Waals surface area contributed by atoms with Crippen molar-refractivity contribution < 1.29 is 14.5 Å². The highest BCUT2D eigenvalue weighted by molar-refractivity contribution is 6.07. The average Bonchev–Trinajstić information content (AvgIpc) is 2.54. The fourth-order valence-electron chi connectivity index (χ4n) is 2.31. The quantitative estimate of drug-likeness (QED) is 0.306. The first-order chi connectivity index (χ1) is 11.7. The zero-order chi connectivity index (χ0) is 18.7. The predicted octanol–water partition coefficient (Wildman–Crippen LogP) is 0.565. The Hall–Kier alpha value is -3.30. The molecule has 1 aliphatic rings. The Bertz CT molecular complexity index is 801. The van der Waals surface area contributed by atoms with E-state index in [0.29, 0.717) is 11.3 Å². The Morgan fingerprint density at radius 2 is 2.16 bits per heavy atom. The van der Waals surface area contributed by atoms with Gasteiger partial charge in [-0.25, -0.2) is 10.4 Å². The molecule has 2 amide bonds. The van der Waals surface area contributed by atoms with Gasteiger partial charge in [0, 0.05) is 24.0 Å². The molecule has 0 fully saturated rings. The Morgan fingerprint density at radius 3 is 2.72 bits per heavy atom. The number of rotatable bonds is 5. The number of primary amides is 1. The summed E-state index contributed by atoms with van der Waals surface area (Å²) in [5.41, 5.74) is 14.0. The lowest BCUT2D eigenvalue weighted by Gasteiger charge is -2.19. The van der Waals surface area contributed by atoms with Crippen molar-refractivity contribution in [2.75, 3.05) is 0 Å². The minimum Gasteiger partial charge on any atom is -0.386 e. The van der Waals surface area contributed by atoms with Gasteiger partial charge in [0.2, 0.25) is 11.8 Å². The molecule has 0 bridgehead atoms. The number of hydrogen-bond donors (Lipinski definition) is 3. The van der Waals surface area contributed by atoms with Crippen molar-refractivity contribution in [2.24, 2.45) is 33.4 Å². The highest BCUT2D eigenvalue weighted by Crippen LogP contribution is 2.30. The van der Waals surface area contributed by atoms with Crippen molar-refractivity contribution in [3.05, 3.63) is 33.9 Å². The first kappa shape index (κ1) is 18.0. The van der Waals surface area contributed by atoms with Gasteiger partial charge >= 0.3 is 0 Å². The molecule has 1 aliphatic heterocycles. The number of nitrogens with one attached hydrogen (secondary N) is 1. The summed E-state index contributed by atoms with van der Waals surface area (Å²) in [6.45, 7) is 3.27. The Morgan fingerprint density at radius 1 is 1.48 bits per heavy atom. The molecule has 5 N–H and O–H groups in total. The highest BCUT2D eigenvalue weighted by Gasteiger charge is 2.25. The molecule has 2 atom stereocenters. The van der Waals surface area contributed by atoms with Crippen molar-refractivity contribution >= 4 is 34.7 Å². The van der Waals surface area contributed by atoms with Gasteiger partial charge in [0.25, 0.3) is 5.69 Å². The Balaban J connectivity index is 2.45. The largest absolute Gasteiger partial charge is 0.386 e. The summed E-state index contributed by atoms with van der Waals surface area (Å²) in [4.78, 5) is 37.2. The first-order valence-corrected chi connectivity index (χ1v) is 7.49. The number of benzene rings is 1. The second-order valence-electron chi connectivity index (χ2n) is 5.76. The van der Waals surface area contributed by atoms with Crippen LogP contribution in [0.3, 0.4) is 0 Å². The van der Waals surface area contributed by atoms with Gasteiger partial charge in [-0.2, -0.15) is 5.10 Å². The molecule has 1 aromatic rings. The van der Waals surface area contributed by atoms with Crippen molar-refractivity contribution in [1.82, 2.24) is 5.43 Å². The minimum atomic E-state index is -0.850. The van der Waals surface area contributed by atoms with E-state index in [9.17, 15) is 19.7 Å². The van der Waals surface area contributed by atoms with Crippen molar-refractivity contribution in [3.8, 4) is 0 Å². The molecule has 0 radical (unpaired) electrons. The molecule has 2 rings (SSSR count). The van der Waals surface area contributed by atoms with E-state index in [1.54, 1.807) is 6.07 Å². The zero-order valence-electron chi connectivity index (χ0n) is 13.7. The third-order valence-electron chi connectivity index (χ3n) is 3.85. The molecule has 0 saturated carbocycles. The van der Waals surface area contributed by atoms with Crippen LogP contribution in [-0.4, -0.2) is 28.3 Å². The van der Waals surface area contributed by atoms with E-state index < -0.39 is 16.7 Å². The standard InChI is InChI=1S/C15H18N6O4/c1-7-5-12(22)19-20-13(7)9-3-4-10(11(6-9)21(24)25)18-14(16)8(2)15(17)23/h3-4,6-8H,5H2,1-2H3,(H2,16,18)(H2,17,23)(H,19,22). The van der Waals surface area contributed by atoms with Gasteiger partial charge in [-0.3, -0.25) is 19.7 Å². The molecule has 2 unspecified atom stereocenters. The van der Waals surface area contributed by atoms with Crippen LogP contribution in [0, 0.1) is 22.0 Å². The summed E-state index contributed by atoms with van der Waals surface area (Å²) >= 11 is 0. The SMILES string of the molecule is CC1CC(=O)NN=C1c1ccc(N=C(N)C(C)C(N)=O)c([N+](=O)[O-])c1. The van der Waals surface area contributed by atoms with Gasteiger partial charge in [-0.1, -0.05) is 13.0 Å². The van der Waals surface area contributed by atoms with E-state index in [0.717, 1.165) is 0 Å². The van der Waals surface area contributed by atoms with Crippen LogP contribution >= 0.6 is 0 Å². The number of amidine groups is 1. The number of nitrogens with two attached hydrogens (primary N) is 2. The van der Waals surface area contributed by atoms with Gasteiger partial charge in [0.05, 0.1) is 16.6 Å². The molecule has 132 valence electrons. The number of nitro benzene ring substituents is 1. The van der Waals surface area contributed by atoms with E-state index in [1.165, 1.54) is 19.1 Å². The molecule has 10 heteroatoms. The van der Waals surface area contributed by atoms with E-state index in [2.05, 4.69) is 15.5 Å². The fourth-order valence-corrected chi connectivity index (χ4v) is 2.31. The van der Waals surface area contributed by atoms with Crippen LogP contribution in [0.5, 0.6) is 0 Å². The number of hydrazone groups is 1. The van der Waals surface area contributed by atoms with Gasteiger partial charge in [-0.15, -0.1) is 0 Å². The van der Waals surface area contributed by atoms with Crippen molar-refractivity contribution in [2.45, 2.75) is 20.3 Å². The average molecular weight is 346 g/mol. The number of carbonyl (C=O) groups is 2. The summed E-state index contributed by atoms with van der Waals surface area (Å²) in [5, 5.41) is 15.3. The van der Waals surface area contributed by atoms with Gasteiger partial charge in [0.1, 0.15) is 11.5 Å². The summed E-state index contributed by atoms with van der Waals surface area (Å²) < 4.78 is 0. The molecule has 0 spiro atoms. The van der Waals surface area contributed by atoms with Gasteiger partial charge in [-0.05, 0) is 13.0 Å². The summed E-state index contributed by atoms with van der Waals surface area (Å²) in [6.07, 6.45) is 0.246. The van der Waals surface area contributed by atoms with E-state index >= 15 is 0 Å². The summed E-state index contributed by atoms with van der Waals surface area (Å²) in [5.74, 6) is -2.03. The van der Waals surface area contributed by atoms with Crippen LogP contribution in [0.15, 0.2) is 28.3 Å². The lowest BCUT2D eigenvalue weighted by molar-refractivity contribution is -0.384. The molecule has 0 saturated heterocycles. The van der Waals surface area contributed by atoms with Crippen LogP contribution in [-0.2, 0) is 9.59 Å². The second kappa shape index (κ2) is 7.07. The molecule has 25 heavy (non-hydrogen) atoms. The van der Waals surface area contributed by atoms with Crippen LogP contribution in [0.4, 0.5) is 11.4 Å². The predicted molar refractivity (Wildman–Crippen MR) is 91.2 cm³/mol. The third-order valence-corrected chi connectivity index (χ3v) is 3.85. The third kappa shape index (κ3) is 3.97. The lowest BCUT2D eigenvalue weighted by Crippen LogP contribution is -2.32. The lowest BCUT2D eigenvalue weighted by atomic mass is 9.93. The Labute approximate surface area is 143 Å². The first-order valence-electron chi connectivity index (χ1n) is 7.49. The zero-order valence-corrected chi connectivity index (χ0v) is 13.7. The number of carbonyl (C=O) groups excluding carboxylic acids is 2. The fraction of sp³-hybridized carbons (Fsp3) is 0.333. The maximum atomic E-state index is 11.4. The topological polar surface area (TPSA) is 166 Å². The van der Waals surface area contributed by atoms with E-state index in [4.69, 9.17) is 11.5 Å². The summed E-state index contributed by atoms with van der Waals surface area (Å²) in [6, 6.07) is 4.33. The number of amides is 2. The molecule has 0 aliphatic carbocycles. The maximum Gasteiger partial charge on any atom is 0.295 e. The molecule has 10 nitrogen and oxygen atoms in total. The van der Waals surface area contributed by atoms with Crippen LogP contribution in [0.25, 0.3) is 0 Å². The summed E-state index contributed by atoms with van der Waals surface area (Å²) in [7, 11) is 0. The molecular formula is C15H18N6O4. The maximum absolute atomic E-state index is 11.4. The number of hydrogen-bond acceptors (Lipinski definition) is 6. The molecule has 0 aromatic heterocycles. The normalized spacial score (nSPS) is 19.0. The number of nitrogens with zero attached hydrogens (tertiary/aromatic N) is 3. The molecule has 1 aromatic carbocycles. The monoisotopic (exact) mass is 346 g/mol. The van der Waals surface area contributed by atoms with E-state index in [1.807, 2.05) is 6.92 Å². The Kier molecular flexibility index (Phi) is 5.11. The van der Waals surface area contributed by atoms with Gasteiger partial charge in [0.15, 0.2) is 0 Å². The van der Waals surface area contributed by atoms with Crippen LogP contribution < -0.4 is 16.9 Å². The minimum absolute atomic E-state index is 0.00690. The van der Waals surface area contributed by atoms with E-state index in [-0.39, 0.29) is 35.5 Å². The van der Waals surface area contributed by atoms with Crippen LogP contribution in [0.1, 0.15) is 25.8 Å². The highest BCUT2D eigenvalue weighted by atomic mass is 16.6. The van der Waals surface area contributed by atoms with Crippen molar-refractivity contribution in [3.63, 3.8) is 0 Å². The second-order valence-corrected chi connectivity index (χ2v) is 5.76. The molecule has 1 heterocycles. The van der Waals surface area contributed by atoms with Gasteiger partial charge < -0.3 is 11.5 Å². The van der Waals surface area contributed by atoms with Crippen LogP contribution in [0.2, 0.25) is 0 Å². The number of aliphatic imine (C=N–C) groups is 1. The van der Waals surface area contributed by atoms with Crippen molar-refractivity contribution in [1.29, 1.82) is 0 Å². The number of nitro groups is 1. The smallest absolute Gasteiger partial charge is 0.295 e. The molecular weight excluding hydrogens is 328 g/mol.